The molecule has 0 amide bonds. The Morgan fingerprint density at radius 1 is 0.875 bits per heavy atom. The van der Waals surface area contributed by atoms with Gasteiger partial charge in [-0.05, 0) is 31.4 Å². The van der Waals surface area contributed by atoms with E-state index in [4.69, 9.17) is 24.3 Å². The van der Waals surface area contributed by atoms with Gasteiger partial charge in [-0.1, -0.05) is 31.4 Å². The predicted octanol–water partition coefficient (Wildman–Crippen LogP) is 4.32. The van der Waals surface area contributed by atoms with Gasteiger partial charge in [-0.15, -0.1) is 0 Å². The average molecular weight is 338 g/mol. The van der Waals surface area contributed by atoms with Crippen molar-refractivity contribution in [1.82, 2.24) is 0 Å². The van der Waals surface area contributed by atoms with Crippen LogP contribution in [0.3, 0.4) is 0 Å². The van der Waals surface area contributed by atoms with Gasteiger partial charge in [0, 0.05) is 24.3 Å². The molecular formula is C18H23FO5. The second kappa shape index (κ2) is 7.06. The standard InChI is InChI=1S/C18H23FO5/c19-15-10-8-14(9-11-15)18-12-4-7-16(20-18)21-22-17(23-24-18)13-5-2-1-3-6-13/h8-11,13,16-17H,1-7,12H2/t16-,17-,18-/m1/s1. The Balaban J connectivity index is 1.55. The summed E-state index contributed by atoms with van der Waals surface area (Å²) in [6.45, 7) is 0. The maximum atomic E-state index is 13.3. The summed E-state index contributed by atoms with van der Waals surface area (Å²) in [6, 6.07) is 6.13. The second-order valence-electron chi connectivity index (χ2n) is 6.84. The molecule has 2 aliphatic heterocycles. The quantitative estimate of drug-likeness (QED) is 0.752. The van der Waals surface area contributed by atoms with E-state index < -0.39 is 18.4 Å². The molecule has 0 spiro atoms. The molecule has 0 radical (unpaired) electrons. The third-order valence-electron chi connectivity index (χ3n) is 5.12. The largest absolute Gasteiger partial charge is 0.311 e. The molecule has 0 N–H and O–H groups in total. The van der Waals surface area contributed by atoms with E-state index in [0.717, 1.165) is 44.1 Å². The molecule has 2 saturated heterocycles. The lowest BCUT2D eigenvalue weighted by molar-refractivity contribution is -0.595. The highest BCUT2D eigenvalue weighted by atomic mass is 19.1. The molecule has 0 unspecified atom stereocenters. The van der Waals surface area contributed by atoms with Gasteiger partial charge >= 0.3 is 0 Å². The van der Waals surface area contributed by atoms with Crippen LogP contribution >= 0.6 is 0 Å². The molecule has 0 aromatic heterocycles. The Bertz CT molecular complexity index is 545. The fourth-order valence-corrected chi connectivity index (χ4v) is 3.75. The highest BCUT2D eigenvalue weighted by Crippen LogP contribution is 2.42. The number of hydrogen-bond donors (Lipinski definition) is 0. The van der Waals surface area contributed by atoms with Gasteiger partial charge in [-0.2, -0.15) is 14.7 Å². The molecule has 1 aliphatic carbocycles. The van der Waals surface area contributed by atoms with Crippen molar-refractivity contribution in [3.63, 3.8) is 0 Å². The van der Waals surface area contributed by atoms with E-state index in [0.29, 0.717) is 6.42 Å². The van der Waals surface area contributed by atoms with Crippen LogP contribution in [0.2, 0.25) is 0 Å². The van der Waals surface area contributed by atoms with Crippen molar-refractivity contribution in [3.05, 3.63) is 35.6 Å². The number of hydrogen-bond acceptors (Lipinski definition) is 5. The highest BCUT2D eigenvalue weighted by molar-refractivity contribution is 5.21. The number of halogens is 1. The van der Waals surface area contributed by atoms with E-state index in [1.807, 2.05) is 0 Å². The maximum absolute atomic E-state index is 13.3. The minimum Gasteiger partial charge on any atom is -0.311 e. The molecule has 3 atom stereocenters. The third-order valence-corrected chi connectivity index (χ3v) is 5.12. The Morgan fingerprint density at radius 3 is 2.46 bits per heavy atom. The van der Waals surface area contributed by atoms with Crippen molar-refractivity contribution in [1.29, 1.82) is 0 Å². The molecule has 24 heavy (non-hydrogen) atoms. The summed E-state index contributed by atoms with van der Waals surface area (Å²) in [6.07, 6.45) is 6.75. The van der Waals surface area contributed by atoms with Gasteiger partial charge < -0.3 is 4.74 Å². The Hall–Kier alpha value is -1.05. The topological polar surface area (TPSA) is 46.2 Å². The van der Waals surface area contributed by atoms with Crippen molar-refractivity contribution in [2.45, 2.75) is 69.7 Å². The van der Waals surface area contributed by atoms with Crippen LogP contribution in [0.4, 0.5) is 4.39 Å². The van der Waals surface area contributed by atoms with Crippen LogP contribution in [0.1, 0.15) is 56.9 Å². The summed E-state index contributed by atoms with van der Waals surface area (Å²) in [7, 11) is 0. The fourth-order valence-electron chi connectivity index (χ4n) is 3.75. The van der Waals surface area contributed by atoms with Crippen molar-refractivity contribution < 1.29 is 28.7 Å². The molecule has 5 nitrogen and oxygen atoms in total. The van der Waals surface area contributed by atoms with E-state index in [1.54, 1.807) is 12.1 Å². The number of rotatable bonds is 2. The van der Waals surface area contributed by atoms with Crippen LogP contribution < -0.4 is 0 Å². The van der Waals surface area contributed by atoms with E-state index in [1.165, 1.54) is 18.6 Å². The highest BCUT2D eigenvalue weighted by Gasteiger charge is 2.46. The molecular weight excluding hydrogens is 315 g/mol. The SMILES string of the molecule is Fc1ccc([C@@]23CCC[C@@H](OO[C@@H](C4CCCCC4)OO2)O3)cc1. The van der Waals surface area contributed by atoms with Crippen LogP contribution in [0.15, 0.2) is 24.3 Å². The molecule has 2 heterocycles. The van der Waals surface area contributed by atoms with Gasteiger partial charge in [-0.3, -0.25) is 0 Å². The summed E-state index contributed by atoms with van der Waals surface area (Å²) in [4.78, 5) is 22.4. The van der Waals surface area contributed by atoms with Gasteiger partial charge in [-0.25, -0.2) is 9.28 Å². The van der Waals surface area contributed by atoms with E-state index >= 15 is 0 Å². The molecule has 3 fully saturated rings. The first-order valence-corrected chi connectivity index (χ1v) is 8.86. The molecule has 6 heteroatoms. The molecule has 1 aromatic carbocycles. The van der Waals surface area contributed by atoms with Gasteiger partial charge in [0.15, 0.2) is 6.29 Å². The lowest BCUT2D eigenvalue weighted by Gasteiger charge is -2.42. The lowest BCUT2D eigenvalue weighted by Crippen LogP contribution is -2.46. The van der Waals surface area contributed by atoms with Crippen LogP contribution in [0.5, 0.6) is 0 Å². The fraction of sp³-hybridized carbons (Fsp3) is 0.667. The van der Waals surface area contributed by atoms with E-state index in [-0.39, 0.29) is 11.7 Å². The number of fused-ring (bicyclic) bond motifs is 2. The summed E-state index contributed by atoms with van der Waals surface area (Å²) in [5.74, 6) is -1.12. The zero-order valence-corrected chi connectivity index (χ0v) is 13.6. The predicted molar refractivity (Wildman–Crippen MR) is 81.5 cm³/mol. The van der Waals surface area contributed by atoms with Crippen molar-refractivity contribution in [3.8, 4) is 0 Å². The van der Waals surface area contributed by atoms with Crippen molar-refractivity contribution in [2.75, 3.05) is 0 Å². The molecule has 4 rings (SSSR count). The second-order valence-corrected chi connectivity index (χ2v) is 6.84. The van der Waals surface area contributed by atoms with E-state index in [2.05, 4.69) is 0 Å². The lowest BCUT2D eigenvalue weighted by atomic mass is 9.89. The summed E-state index contributed by atoms with van der Waals surface area (Å²) >= 11 is 0. The summed E-state index contributed by atoms with van der Waals surface area (Å²) in [5, 5.41) is 0. The van der Waals surface area contributed by atoms with Gasteiger partial charge in [0.2, 0.25) is 12.1 Å². The van der Waals surface area contributed by atoms with Gasteiger partial charge in [0.05, 0.1) is 0 Å². The normalized spacial score (nSPS) is 35.2. The number of ether oxygens (including phenoxy) is 1. The smallest absolute Gasteiger partial charge is 0.230 e. The molecule has 132 valence electrons. The average Bonchev–Trinajstić information content (AvgIpc) is 2.62. The first-order valence-electron chi connectivity index (χ1n) is 8.86. The molecule has 2 bridgehead atoms. The van der Waals surface area contributed by atoms with Crippen LogP contribution in [0.25, 0.3) is 0 Å². The molecule has 3 aliphatic rings. The maximum Gasteiger partial charge on any atom is 0.230 e. The number of benzene rings is 1. The van der Waals surface area contributed by atoms with Crippen LogP contribution in [0, 0.1) is 11.7 Å². The van der Waals surface area contributed by atoms with Crippen LogP contribution in [-0.4, -0.2) is 12.6 Å². The van der Waals surface area contributed by atoms with Crippen molar-refractivity contribution >= 4 is 0 Å². The summed E-state index contributed by atoms with van der Waals surface area (Å²) in [5.41, 5.74) is 0.724. The van der Waals surface area contributed by atoms with E-state index in [9.17, 15) is 4.39 Å². The third kappa shape index (κ3) is 3.34. The van der Waals surface area contributed by atoms with Gasteiger partial charge in [0.1, 0.15) is 5.82 Å². The van der Waals surface area contributed by atoms with Gasteiger partial charge in [0.25, 0.3) is 0 Å². The van der Waals surface area contributed by atoms with Crippen LogP contribution in [-0.2, 0) is 30.1 Å². The van der Waals surface area contributed by atoms with Crippen molar-refractivity contribution in [2.24, 2.45) is 5.92 Å². The minimum absolute atomic E-state index is 0.253. The first kappa shape index (κ1) is 16.4. The Labute approximate surface area is 140 Å². The molecule has 1 aromatic rings. The summed E-state index contributed by atoms with van der Waals surface area (Å²) < 4.78 is 19.2. The Morgan fingerprint density at radius 2 is 1.67 bits per heavy atom. The first-order chi connectivity index (χ1) is 11.8. The zero-order chi connectivity index (χ0) is 16.4. The zero-order valence-electron chi connectivity index (χ0n) is 13.6. The Kier molecular flexibility index (Phi) is 4.83. The monoisotopic (exact) mass is 338 g/mol. The minimum atomic E-state index is -1.08. The molecule has 1 saturated carbocycles.